The molecule has 0 bridgehead atoms. The van der Waals surface area contributed by atoms with Gasteiger partial charge in [0.1, 0.15) is 5.75 Å². The first kappa shape index (κ1) is 11.6. The fourth-order valence-electron chi connectivity index (χ4n) is 1.29. The molecule has 1 rings (SSSR count). The zero-order chi connectivity index (χ0) is 11.3. The molecule has 0 saturated heterocycles. The molecule has 0 radical (unpaired) electrons. The van der Waals surface area contributed by atoms with Crippen molar-refractivity contribution in [2.75, 3.05) is 0 Å². The zero-order valence-corrected chi connectivity index (χ0v) is 9.19. The molecule has 1 aromatic rings. The number of rotatable bonds is 5. The van der Waals surface area contributed by atoms with E-state index < -0.39 is 12.0 Å². The Morgan fingerprint density at radius 3 is 2.47 bits per heavy atom. The minimum Gasteiger partial charge on any atom is -0.481 e. The molecule has 3 nitrogen and oxygen atoms in total. The Hall–Kier alpha value is -1.51. The number of hydrogen-bond acceptors (Lipinski definition) is 2. The van der Waals surface area contributed by atoms with E-state index in [1.54, 1.807) is 6.92 Å². The third-order valence-electron chi connectivity index (χ3n) is 2.18. The van der Waals surface area contributed by atoms with Gasteiger partial charge < -0.3 is 10.5 Å². The summed E-state index contributed by atoms with van der Waals surface area (Å²) in [5.41, 5.74) is 6.37. The van der Waals surface area contributed by atoms with Gasteiger partial charge in [-0.25, -0.2) is 0 Å². The van der Waals surface area contributed by atoms with E-state index in [9.17, 15) is 4.79 Å². The Balaban J connectivity index is 2.60. The second-order valence-corrected chi connectivity index (χ2v) is 3.56. The molecule has 1 aromatic carbocycles. The van der Waals surface area contributed by atoms with Crippen LogP contribution in [0.5, 0.6) is 5.75 Å². The lowest BCUT2D eigenvalue weighted by molar-refractivity contribution is -0.123. The summed E-state index contributed by atoms with van der Waals surface area (Å²) in [7, 11) is 0. The van der Waals surface area contributed by atoms with Crippen LogP contribution in [0.4, 0.5) is 0 Å². The van der Waals surface area contributed by atoms with E-state index in [2.05, 4.69) is 6.92 Å². The van der Waals surface area contributed by atoms with E-state index in [4.69, 9.17) is 10.5 Å². The summed E-state index contributed by atoms with van der Waals surface area (Å²) in [6, 6.07) is 7.74. The Morgan fingerprint density at radius 2 is 2.00 bits per heavy atom. The summed E-state index contributed by atoms with van der Waals surface area (Å²) < 4.78 is 5.33. The molecular formula is C12H17NO2. The number of aryl methyl sites for hydroxylation is 1. The van der Waals surface area contributed by atoms with Crippen LogP contribution in [-0.2, 0) is 11.2 Å². The summed E-state index contributed by atoms with van der Waals surface area (Å²) in [4.78, 5) is 10.8. The molecule has 1 unspecified atom stereocenters. The second kappa shape index (κ2) is 5.39. The number of ether oxygens (including phenoxy) is 1. The van der Waals surface area contributed by atoms with Gasteiger partial charge in [-0.3, -0.25) is 4.79 Å². The van der Waals surface area contributed by atoms with E-state index in [0.717, 1.165) is 12.8 Å². The van der Waals surface area contributed by atoms with Crippen molar-refractivity contribution in [2.45, 2.75) is 32.8 Å². The highest BCUT2D eigenvalue weighted by Crippen LogP contribution is 2.14. The molecule has 1 atom stereocenters. The lowest BCUT2D eigenvalue weighted by Gasteiger charge is -2.11. The summed E-state index contributed by atoms with van der Waals surface area (Å²) in [5, 5.41) is 0. The van der Waals surface area contributed by atoms with Crippen LogP contribution in [0, 0.1) is 0 Å². The summed E-state index contributed by atoms with van der Waals surface area (Å²) in [6.07, 6.45) is 1.60. The van der Waals surface area contributed by atoms with Crippen molar-refractivity contribution in [2.24, 2.45) is 5.73 Å². The summed E-state index contributed by atoms with van der Waals surface area (Å²) in [5.74, 6) is 0.230. The fourth-order valence-corrected chi connectivity index (χ4v) is 1.29. The molecule has 0 aliphatic heterocycles. The standard InChI is InChI=1S/C12H17NO2/c1-3-4-10-5-7-11(8-6-10)15-9(2)12(13)14/h5-9H,3-4H2,1-2H3,(H2,13,14). The quantitative estimate of drug-likeness (QED) is 0.801. The molecule has 0 aromatic heterocycles. The molecule has 1 amide bonds. The van der Waals surface area contributed by atoms with Gasteiger partial charge in [0, 0.05) is 0 Å². The van der Waals surface area contributed by atoms with Crippen LogP contribution >= 0.6 is 0 Å². The zero-order valence-electron chi connectivity index (χ0n) is 9.19. The maximum absolute atomic E-state index is 10.8. The third kappa shape index (κ3) is 3.62. The largest absolute Gasteiger partial charge is 0.481 e. The van der Waals surface area contributed by atoms with Crippen molar-refractivity contribution in [1.29, 1.82) is 0 Å². The predicted molar refractivity (Wildman–Crippen MR) is 59.7 cm³/mol. The summed E-state index contributed by atoms with van der Waals surface area (Å²) in [6.45, 7) is 3.78. The number of carbonyl (C=O) groups excluding carboxylic acids is 1. The highest BCUT2D eigenvalue weighted by atomic mass is 16.5. The first-order chi connectivity index (χ1) is 7.13. The minimum absolute atomic E-state index is 0.451. The highest BCUT2D eigenvalue weighted by Gasteiger charge is 2.09. The minimum atomic E-state index is -0.581. The van der Waals surface area contributed by atoms with E-state index >= 15 is 0 Å². The molecule has 82 valence electrons. The van der Waals surface area contributed by atoms with Crippen LogP contribution < -0.4 is 10.5 Å². The maximum atomic E-state index is 10.8. The lowest BCUT2D eigenvalue weighted by Crippen LogP contribution is -2.30. The fraction of sp³-hybridized carbons (Fsp3) is 0.417. The number of hydrogen-bond donors (Lipinski definition) is 1. The van der Waals surface area contributed by atoms with Crippen LogP contribution in [0.1, 0.15) is 25.8 Å². The van der Waals surface area contributed by atoms with Gasteiger partial charge in [-0.2, -0.15) is 0 Å². The lowest BCUT2D eigenvalue weighted by atomic mass is 10.1. The topological polar surface area (TPSA) is 52.3 Å². The van der Waals surface area contributed by atoms with Gasteiger partial charge in [0.2, 0.25) is 0 Å². The molecule has 0 aliphatic carbocycles. The maximum Gasteiger partial charge on any atom is 0.258 e. The van der Waals surface area contributed by atoms with Gasteiger partial charge in [-0.1, -0.05) is 25.5 Å². The van der Waals surface area contributed by atoms with Crippen LogP contribution in [0.3, 0.4) is 0 Å². The Bertz CT molecular complexity index is 319. The molecular weight excluding hydrogens is 190 g/mol. The number of amides is 1. The van der Waals surface area contributed by atoms with E-state index in [-0.39, 0.29) is 0 Å². The Morgan fingerprint density at radius 1 is 1.40 bits per heavy atom. The number of benzene rings is 1. The smallest absolute Gasteiger partial charge is 0.258 e. The van der Waals surface area contributed by atoms with E-state index in [0.29, 0.717) is 5.75 Å². The molecule has 0 heterocycles. The second-order valence-electron chi connectivity index (χ2n) is 3.56. The molecule has 0 saturated carbocycles. The first-order valence-electron chi connectivity index (χ1n) is 5.18. The molecule has 0 fully saturated rings. The number of carbonyl (C=O) groups is 1. The van der Waals surface area contributed by atoms with Gasteiger partial charge in [-0.05, 0) is 31.0 Å². The first-order valence-corrected chi connectivity index (χ1v) is 5.18. The van der Waals surface area contributed by atoms with Gasteiger partial charge in [0.05, 0.1) is 0 Å². The molecule has 0 spiro atoms. The molecule has 15 heavy (non-hydrogen) atoms. The van der Waals surface area contributed by atoms with Crippen molar-refractivity contribution in [3.05, 3.63) is 29.8 Å². The predicted octanol–water partition coefficient (Wildman–Crippen LogP) is 1.89. The van der Waals surface area contributed by atoms with Crippen molar-refractivity contribution < 1.29 is 9.53 Å². The van der Waals surface area contributed by atoms with Crippen molar-refractivity contribution in [3.63, 3.8) is 0 Å². The number of primary amides is 1. The van der Waals surface area contributed by atoms with E-state index in [1.807, 2.05) is 24.3 Å². The summed E-state index contributed by atoms with van der Waals surface area (Å²) >= 11 is 0. The third-order valence-corrected chi connectivity index (χ3v) is 2.18. The van der Waals surface area contributed by atoms with Crippen LogP contribution in [0.2, 0.25) is 0 Å². The monoisotopic (exact) mass is 207 g/mol. The van der Waals surface area contributed by atoms with Gasteiger partial charge in [-0.15, -0.1) is 0 Å². The van der Waals surface area contributed by atoms with Crippen LogP contribution in [-0.4, -0.2) is 12.0 Å². The Labute approximate surface area is 90.2 Å². The van der Waals surface area contributed by atoms with Gasteiger partial charge >= 0.3 is 0 Å². The van der Waals surface area contributed by atoms with Crippen molar-refractivity contribution in [1.82, 2.24) is 0 Å². The van der Waals surface area contributed by atoms with Crippen molar-refractivity contribution in [3.8, 4) is 5.75 Å². The normalized spacial score (nSPS) is 12.1. The highest BCUT2D eigenvalue weighted by molar-refractivity contribution is 5.78. The average molecular weight is 207 g/mol. The van der Waals surface area contributed by atoms with Crippen LogP contribution in [0.15, 0.2) is 24.3 Å². The van der Waals surface area contributed by atoms with Gasteiger partial charge in [0.15, 0.2) is 6.10 Å². The molecule has 3 heteroatoms. The molecule has 2 N–H and O–H groups in total. The number of nitrogens with two attached hydrogens (primary N) is 1. The average Bonchev–Trinajstić information content (AvgIpc) is 2.21. The van der Waals surface area contributed by atoms with Gasteiger partial charge in [0.25, 0.3) is 5.91 Å². The van der Waals surface area contributed by atoms with E-state index in [1.165, 1.54) is 5.56 Å². The Kier molecular flexibility index (Phi) is 4.16. The van der Waals surface area contributed by atoms with Crippen molar-refractivity contribution >= 4 is 5.91 Å². The van der Waals surface area contributed by atoms with Crippen LogP contribution in [0.25, 0.3) is 0 Å². The SMILES string of the molecule is CCCc1ccc(OC(C)C(N)=O)cc1. The molecule has 0 aliphatic rings.